The maximum Gasteiger partial charge on any atom is 0.135 e. The maximum absolute atomic E-state index is 6.24. The van der Waals surface area contributed by atoms with Crippen molar-refractivity contribution in [1.82, 2.24) is 4.98 Å². The second-order valence-electron chi connectivity index (χ2n) is 9.26. The molecular weight excluding hydrogens is 450 g/mol. The van der Waals surface area contributed by atoms with Gasteiger partial charge in [-0.25, -0.2) is 0 Å². The lowest BCUT2D eigenvalue weighted by Crippen LogP contribution is -1.88. The van der Waals surface area contributed by atoms with E-state index in [0.29, 0.717) is 0 Å². The predicted octanol–water partition coefficient (Wildman–Crippen LogP) is 9.67. The van der Waals surface area contributed by atoms with Crippen LogP contribution in [0.5, 0.6) is 11.5 Å². The normalized spacial score (nSPS) is 11.2. The highest BCUT2D eigenvalue weighted by Crippen LogP contribution is 2.33. The Morgan fingerprint density at radius 3 is 1.92 bits per heavy atom. The molecule has 0 saturated carbocycles. The van der Waals surface area contributed by atoms with Crippen molar-refractivity contribution >= 4 is 32.3 Å². The van der Waals surface area contributed by atoms with E-state index in [4.69, 9.17) is 9.72 Å². The Kier molecular flexibility index (Phi) is 5.15. The van der Waals surface area contributed by atoms with Gasteiger partial charge >= 0.3 is 0 Å². The molecule has 0 saturated heterocycles. The number of pyridine rings is 1. The Balaban J connectivity index is 1.20. The van der Waals surface area contributed by atoms with Gasteiger partial charge in [-0.3, -0.25) is 4.98 Å². The molecule has 1 heterocycles. The first-order chi connectivity index (χ1) is 18.3. The van der Waals surface area contributed by atoms with E-state index in [1.54, 1.807) is 0 Å². The summed E-state index contributed by atoms with van der Waals surface area (Å²) >= 11 is 0. The molecule has 7 rings (SSSR count). The second kappa shape index (κ2) is 8.92. The zero-order chi connectivity index (χ0) is 24.6. The van der Waals surface area contributed by atoms with E-state index in [9.17, 15) is 0 Å². The van der Waals surface area contributed by atoms with Gasteiger partial charge in [-0.05, 0) is 74.5 Å². The first-order valence-corrected chi connectivity index (χ1v) is 12.5. The molecule has 0 atom stereocenters. The predicted molar refractivity (Wildman–Crippen MR) is 154 cm³/mol. The number of hydrogen-bond donors (Lipinski definition) is 0. The van der Waals surface area contributed by atoms with Crippen LogP contribution in [-0.2, 0) is 0 Å². The average Bonchev–Trinajstić information content (AvgIpc) is 2.97. The summed E-state index contributed by atoms with van der Waals surface area (Å²) in [6, 6.07) is 46.4. The fourth-order valence-electron chi connectivity index (χ4n) is 5.06. The molecule has 6 aromatic carbocycles. The number of fused-ring (bicyclic) bond motifs is 4. The Morgan fingerprint density at radius 1 is 0.432 bits per heavy atom. The molecule has 2 nitrogen and oxygen atoms in total. The van der Waals surface area contributed by atoms with Gasteiger partial charge in [0.1, 0.15) is 11.5 Å². The summed E-state index contributed by atoms with van der Waals surface area (Å²) in [6.07, 6.45) is 1.89. The first-order valence-electron chi connectivity index (χ1n) is 12.5. The van der Waals surface area contributed by atoms with Gasteiger partial charge in [-0.1, -0.05) is 97.1 Å². The van der Waals surface area contributed by atoms with Crippen LogP contribution in [0, 0.1) is 0 Å². The van der Waals surface area contributed by atoms with Crippen molar-refractivity contribution in [2.45, 2.75) is 0 Å². The third kappa shape index (κ3) is 3.99. The largest absolute Gasteiger partial charge is 0.457 e. The van der Waals surface area contributed by atoms with Crippen LogP contribution in [0.3, 0.4) is 0 Å². The average molecular weight is 474 g/mol. The number of nitrogens with zero attached hydrogens (tertiary/aromatic N) is 1. The molecular formula is C35H23NO. The van der Waals surface area contributed by atoms with Crippen molar-refractivity contribution in [2.75, 3.05) is 0 Å². The monoisotopic (exact) mass is 473 g/mol. The molecule has 0 spiro atoms. The highest BCUT2D eigenvalue weighted by molar-refractivity contribution is 6.08. The van der Waals surface area contributed by atoms with Crippen molar-refractivity contribution in [1.29, 1.82) is 0 Å². The molecule has 0 amide bonds. The fourth-order valence-corrected chi connectivity index (χ4v) is 5.06. The molecule has 7 aromatic rings. The first kappa shape index (κ1) is 21.3. The molecule has 0 fully saturated rings. The molecule has 0 aliphatic rings. The van der Waals surface area contributed by atoms with E-state index >= 15 is 0 Å². The molecule has 1 aromatic heterocycles. The van der Waals surface area contributed by atoms with Gasteiger partial charge in [0.25, 0.3) is 0 Å². The van der Waals surface area contributed by atoms with Crippen LogP contribution in [0.25, 0.3) is 54.7 Å². The number of ether oxygens (including phenoxy) is 1. The summed E-state index contributed by atoms with van der Waals surface area (Å²) in [5.41, 5.74) is 4.32. The van der Waals surface area contributed by atoms with E-state index in [2.05, 4.69) is 97.1 Å². The Hall–Kier alpha value is -4.95. The second-order valence-corrected chi connectivity index (χ2v) is 9.26. The van der Waals surface area contributed by atoms with Gasteiger partial charge < -0.3 is 4.74 Å². The topological polar surface area (TPSA) is 22.1 Å². The van der Waals surface area contributed by atoms with Crippen molar-refractivity contribution in [3.05, 3.63) is 140 Å². The van der Waals surface area contributed by atoms with Crippen molar-refractivity contribution in [3.63, 3.8) is 0 Å². The van der Waals surface area contributed by atoms with E-state index in [1.807, 2.05) is 42.6 Å². The number of rotatable bonds is 4. The highest BCUT2D eigenvalue weighted by Gasteiger charge is 2.08. The molecule has 0 aliphatic carbocycles. The molecule has 0 N–H and O–H groups in total. The SMILES string of the molecule is c1ccc2c(Oc3ccc(-c4ccnc(-c5ccc6ccc7ccccc7c6c5)c4)cc3)cccc2c1. The smallest absolute Gasteiger partial charge is 0.135 e. The van der Waals surface area contributed by atoms with Gasteiger partial charge in [0, 0.05) is 17.1 Å². The van der Waals surface area contributed by atoms with Crippen LogP contribution in [0.1, 0.15) is 0 Å². The zero-order valence-corrected chi connectivity index (χ0v) is 20.1. The van der Waals surface area contributed by atoms with Crippen LogP contribution >= 0.6 is 0 Å². The standard InChI is InChI=1S/C35H23NO/c1-3-9-31-26(7-1)12-13-27-14-15-29(22-33(27)31)34-23-28(20-21-36-34)24-16-18-30(19-17-24)37-35-11-5-8-25-6-2-4-10-32(25)35/h1-23H. The lowest BCUT2D eigenvalue weighted by Gasteiger charge is -2.11. The molecule has 0 radical (unpaired) electrons. The quantitative estimate of drug-likeness (QED) is 0.237. The highest BCUT2D eigenvalue weighted by atomic mass is 16.5. The van der Waals surface area contributed by atoms with Gasteiger partial charge in [0.05, 0.1) is 5.69 Å². The minimum atomic E-state index is 0.816. The van der Waals surface area contributed by atoms with Crippen LogP contribution < -0.4 is 4.74 Å². The Labute approximate surface area is 215 Å². The minimum absolute atomic E-state index is 0.816. The molecule has 0 aliphatic heterocycles. The van der Waals surface area contributed by atoms with Gasteiger partial charge in [0.2, 0.25) is 0 Å². The van der Waals surface area contributed by atoms with E-state index in [0.717, 1.165) is 39.3 Å². The molecule has 0 unspecified atom stereocenters. The van der Waals surface area contributed by atoms with E-state index < -0.39 is 0 Å². The third-order valence-corrected chi connectivity index (χ3v) is 6.97. The van der Waals surface area contributed by atoms with Gasteiger partial charge in [-0.15, -0.1) is 0 Å². The van der Waals surface area contributed by atoms with E-state index in [1.165, 1.54) is 26.9 Å². The zero-order valence-electron chi connectivity index (χ0n) is 20.1. The van der Waals surface area contributed by atoms with Crippen molar-refractivity contribution < 1.29 is 4.74 Å². The summed E-state index contributed by atoms with van der Waals surface area (Å²) in [6.45, 7) is 0. The molecule has 2 heteroatoms. The third-order valence-electron chi connectivity index (χ3n) is 6.97. The fraction of sp³-hybridized carbons (Fsp3) is 0. The van der Waals surface area contributed by atoms with Crippen LogP contribution in [-0.4, -0.2) is 4.98 Å². The van der Waals surface area contributed by atoms with Gasteiger partial charge in [-0.2, -0.15) is 0 Å². The van der Waals surface area contributed by atoms with Gasteiger partial charge in [0.15, 0.2) is 0 Å². The van der Waals surface area contributed by atoms with E-state index in [-0.39, 0.29) is 0 Å². The Morgan fingerprint density at radius 2 is 1.08 bits per heavy atom. The number of benzene rings is 6. The summed E-state index contributed by atoms with van der Waals surface area (Å²) in [4.78, 5) is 4.70. The Bertz CT molecular complexity index is 1900. The summed E-state index contributed by atoms with van der Waals surface area (Å²) < 4.78 is 6.24. The van der Waals surface area contributed by atoms with Crippen LogP contribution in [0.4, 0.5) is 0 Å². The van der Waals surface area contributed by atoms with Crippen molar-refractivity contribution in [3.8, 4) is 33.9 Å². The number of aromatic nitrogens is 1. The molecule has 37 heavy (non-hydrogen) atoms. The molecule has 174 valence electrons. The lowest BCUT2D eigenvalue weighted by molar-refractivity contribution is 0.488. The minimum Gasteiger partial charge on any atom is -0.457 e. The lowest BCUT2D eigenvalue weighted by atomic mass is 9.98. The molecule has 0 bridgehead atoms. The summed E-state index contributed by atoms with van der Waals surface area (Å²) in [5, 5.41) is 7.27. The van der Waals surface area contributed by atoms with Crippen molar-refractivity contribution in [2.24, 2.45) is 0 Å². The number of hydrogen-bond acceptors (Lipinski definition) is 2. The summed E-state index contributed by atoms with van der Waals surface area (Å²) in [5.74, 6) is 1.68. The van der Waals surface area contributed by atoms with Crippen LogP contribution in [0.15, 0.2) is 140 Å². The maximum atomic E-state index is 6.24. The summed E-state index contributed by atoms with van der Waals surface area (Å²) in [7, 11) is 0. The van der Waals surface area contributed by atoms with Crippen LogP contribution in [0.2, 0.25) is 0 Å².